The number of aryl methyl sites for hydroxylation is 2. The lowest BCUT2D eigenvalue weighted by Crippen LogP contribution is -2.24. The van der Waals surface area contributed by atoms with Crippen molar-refractivity contribution in [3.05, 3.63) is 115 Å². The van der Waals surface area contributed by atoms with Crippen molar-refractivity contribution >= 4 is 23.2 Å². The summed E-state index contributed by atoms with van der Waals surface area (Å²) in [6, 6.07) is 31.6. The smallest absolute Gasteiger partial charge is 0.219 e. The van der Waals surface area contributed by atoms with Crippen LogP contribution >= 0.6 is 7.14 Å². The highest BCUT2D eigenvalue weighted by Gasteiger charge is 2.41. The zero-order valence-corrected chi connectivity index (χ0v) is 20.4. The molecule has 0 radical (unpaired) electrons. The molecule has 6 rings (SSSR count). The van der Waals surface area contributed by atoms with Crippen LogP contribution < -0.4 is 20.8 Å². The maximum Gasteiger partial charge on any atom is 0.219 e. The monoisotopic (exact) mass is 474 g/mol. The van der Waals surface area contributed by atoms with E-state index in [0.717, 1.165) is 44.1 Å². The Balaban J connectivity index is 1.48. The second kappa shape index (κ2) is 8.33. The van der Waals surface area contributed by atoms with E-state index in [4.69, 9.17) is 9.72 Å². The van der Waals surface area contributed by atoms with E-state index in [-0.39, 0.29) is 0 Å². The Morgan fingerprint density at radius 1 is 0.714 bits per heavy atom. The summed E-state index contributed by atoms with van der Waals surface area (Å²) in [6.07, 6.45) is 1.70. The summed E-state index contributed by atoms with van der Waals surface area (Å²) >= 11 is 0. The number of pyridine rings is 2. The van der Waals surface area contributed by atoms with Gasteiger partial charge in [-0.15, -0.1) is 0 Å². The highest BCUT2D eigenvalue weighted by atomic mass is 31.2. The summed E-state index contributed by atoms with van der Waals surface area (Å²) in [6.45, 7) is 3.99. The van der Waals surface area contributed by atoms with Crippen molar-refractivity contribution in [2.45, 2.75) is 13.8 Å². The summed E-state index contributed by atoms with van der Waals surface area (Å²) in [5.74, 6) is 1.24. The van der Waals surface area contributed by atoms with Gasteiger partial charge >= 0.3 is 0 Å². The Bertz CT molecular complexity index is 1630. The minimum atomic E-state index is -3.12. The van der Waals surface area contributed by atoms with Crippen molar-refractivity contribution in [1.82, 2.24) is 9.97 Å². The standard InChI is InChI=1S/C30H23N2O2P/c1-20-13-16-30(32-21(20)2)35(33)27-11-4-3-10-25(27)26-15-14-23(19-28(26)35)22-8-7-9-24(18-22)34-29-12-5-6-17-31-29/h3-19H,1-2H3. The molecule has 0 saturated heterocycles. The van der Waals surface area contributed by atoms with E-state index in [1.807, 2.05) is 86.6 Å². The number of nitrogens with zero attached hydrogens (tertiary/aromatic N) is 2. The molecule has 5 aromatic rings. The van der Waals surface area contributed by atoms with E-state index in [9.17, 15) is 4.57 Å². The Kier molecular flexibility index (Phi) is 5.12. The van der Waals surface area contributed by atoms with Gasteiger partial charge in [-0.2, -0.15) is 0 Å². The van der Waals surface area contributed by atoms with Gasteiger partial charge in [0, 0.05) is 28.6 Å². The number of aromatic nitrogens is 2. The van der Waals surface area contributed by atoms with Gasteiger partial charge in [-0.05, 0) is 72.0 Å². The van der Waals surface area contributed by atoms with Gasteiger partial charge in [-0.3, -0.25) is 0 Å². The van der Waals surface area contributed by atoms with Crippen LogP contribution in [0.1, 0.15) is 11.3 Å². The Labute approximate surface area is 204 Å². The zero-order chi connectivity index (χ0) is 24.0. The van der Waals surface area contributed by atoms with Crippen LogP contribution in [-0.4, -0.2) is 9.97 Å². The first-order chi connectivity index (χ1) is 17.0. The van der Waals surface area contributed by atoms with E-state index >= 15 is 0 Å². The normalized spacial score (nSPS) is 15.9. The predicted octanol–water partition coefficient (Wildman–Crippen LogP) is 6.17. The molecule has 5 heteroatoms. The van der Waals surface area contributed by atoms with Gasteiger partial charge < -0.3 is 9.30 Å². The number of fused-ring (bicyclic) bond motifs is 3. The highest BCUT2D eigenvalue weighted by Crippen LogP contribution is 2.52. The molecule has 2 aromatic heterocycles. The van der Waals surface area contributed by atoms with E-state index in [1.165, 1.54) is 0 Å². The van der Waals surface area contributed by atoms with Gasteiger partial charge in [-0.1, -0.05) is 60.7 Å². The largest absolute Gasteiger partial charge is 0.439 e. The Hall–Kier alpha value is -4.01. The molecule has 4 nitrogen and oxygen atoms in total. The van der Waals surface area contributed by atoms with Gasteiger partial charge in [0.15, 0.2) is 7.14 Å². The number of rotatable bonds is 4. The quantitative estimate of drug-likeness (QED) is 0.287. The average Bonchev–Trinajstić information content (AvgIpc) is 3.15. The number of ether oxygens (including phenoxy) is 1. The SMILES string of the molecule is Cc1ccc(P2(=O)c3ccccc3-c3ccc(-c4cccc(Oc5ccccn5)c4)cc32)nc1C. The van der Waals surface area contributed by atoms with Gasteiger partial charge in [0.2, 0.25) is 5.88 Å². The molecule has 1 unspecified atom stereocenters. The third-order valence-electron chi connectivity index (χ3n) is 6.56. The molecule has 1 atom stereocenters. The molecule has 0 saturated carbocycles. The first-order valence-electron chi connectivity index (χ1n) is 11.5. The lowest BCUT2D eigenvalue weighted by molar-refractivity contribution is 0.463. The van der Waals surface area contributed by atoms with Crippen molar-refractivity contribution in [3.63, 3.8) is 0 Å². The molecular formula is C30H23N2O2P. The summed E-state index contributed by atoms with van der Waals surface area (Å²) in [7, 11) is -3.12. The molecule has 1 aliphatic rings. The minimum absolute atomic E-state index is 0.541. The minimum Gasteiger partial charge on any atom is -0.439 e. The summed E-state index contributed by atoms with van der Waals surface area (Å²) in [4.78, 5) is 9.04. The molecule has 35 heavy (non-hydrogen) atoms. The van der Waals surface area contributed by atoms with Crippen molar-refractivity contribution in [1.29, 1.82) is 0 Å². The second-order valence-corrected chi connectivity index (χ2v) is 11.4. The molecule has 0 amide bonds. The van der Waals surface area contributed by atoms with Crippen molar-refractivity contribution < 1.29 is 9.30 Å². The predicted molar refractivity (Wildman–Crippen MR) is 142 cm³/mol. The molecule has 0 aliphatic carbocycles. The molecule has 0 spiro atoms. The first kappa shape index (κ1) is 21.5. The number of hydrogen-bond acceptors (Lipinski definition) is 4. The zero-order valence-electron chi connectivity index (χ0n) is 19.5. The summed E-state index contributed by atoms with van der Waals surface area (Å²) < 4.78 is 20.9. The van der Waals surface area contributed by atoms with Gasteiger partial charge in [0.1, 0.15) is 11.2 Å². The van der Waals surface area contributed by atoms with Crippen LogP contribution in [0.15, 0.2) is 103 Å². The van der Waals surface area contributed by atoms with Crippen LogP contribution in [0.2, 0.25) is 0 Å². The fourth-order valence-electron chi connectivity index (χ4n) is 4.61. The fourth-order valence-corrected chi connectivity index (χ4v) is 7.63. The Morgan fingerprint density at radius 2 is 1.51 bits per heavy atom. The molecule has 170 valence electrons. The average molecular weight is 475 g/mol. The van der Waals surface area contributed by atoms with Gasteiger partial charge in [-0.25, -0.2) is 9.97 Å². The van der Waals surface area contributed by atoms with Gasteiger partial charge in [0.25, 0.3) is 0 Å². The first-order valence-corrected chi connectivity index (χ1v) is 13.2. The molecule has 0 fully saturated rings. The second-order valence-electron chi connectivity index (χ2n) is 8.73. The van der Waals surface area contributed by atoms with Crippen LogP contribution in [0, 0.1) is 13.8 Å². The number of benzene rings is 3. The molecule has 0 N–H and O–H groups in total. The summed E-state index contributed by atoms with van der Waals surface area (Å²) in [5.41, 5.74) is 6.61. The molecule has 0 bridgehead atoms. The van der Waals surface area contributed by atoms with Crippen LogP contribution in [-0.2, 0) is 4.57 Å². The molecular weight excluding hydrogens is 451 g/mol. The maximum absolute atomic E-state index is 14.9. The molecule has 3 aromatic carbocycles. The van der Waals surface area contributed by atoms with Crippen LogP contribution in [0.3, 0.4) is 0 Å². The van der Waals surface area contributed by atoms with Gasteiger partial charge in [0.05, 0.1) is 0 Å². The molecule has 3 heterocycles. The molecule has 1 aliphatic heterocycles. The van der Waals surface area contributed by atoms with Crippen LogP contribution in [0.5, 0.6) is 11.6 Å². The topological polar surface area (TPSA) is 52.1 Å². The van der Waals surface area contributed by atoms with E-state index < -0.39 is 7.14 Å². The Morgan fingerprint density at radius 3 is 2.34 bits per heavy atom. The van der Waals surface area contributed by atoms with Crippen LogP contribution in [0.25, 0.3) is 22.3 Å². The van der Waals surface area contributed by atoms with Crippen molar-refractivity contribution in [2.24, 2.45) is 0 Å². The number of hydrogen-bond donors (Lipinski definition) is 0. The van der Waals surface area contributed by atoms with Crippen molar-refractivity contribution in [2.75, 3.05) is 0 Å². The van der Waals surface area contributed by atoms with E-state index in [1.54, 1.807) is 6.20 Å². The third-order valence-corrected chi connectivity index (χ3v) is 9.57. The fraction of sp³-hybridized carbons (Fsp3) is 0.0667. The summed E-state index contributed by atoms with van der Waals surface area (Å²) in [5, 5.41) is 1.69. The van der Waals surface area contributed by atoms with E-state index in [0.29, 0.717) is 17.1 Å². The lowest BCUT2D eigenvalue weighted by atomic mass is 10.0. The highest BCUT2D eigenvalue weighted by molar-refractivity contribution is 7.86. The van der Waals surface area contributed by atoms with E-state index in [2.05, 4.69) is 29.2 Å². The third kappa shape index (κ3) is 3.58. The van der Waals surface area contributed by atoms with Crippen LogP contribution in [0.4, 0.5) is 0 Å². The van der Waals surface area contributed by atoms with Crippen molar-refractivity contribution in [3.8, 4) is 33.9 Å². The lowest BCUT2D eigenvalue weighted by Gasteiger charge is -2.17. The maximum atomic E-state index is 14.9.